The molecule has 1 aliphatic heterocycles. The summed E-state index contributed by atoms with van der Waals surface area (Å²) in [6.07, 6.45) is 0.793. The largest absolute Gasteiger partial charge is 0.388 e. The van der Waals surface area contributed by atoms with E-state index in [-0.39, 0.29) is 18.1 Å². The summed E-state index contributed by atoms with van der Waals surface area (Å²) in [5.41, 5.74) is 0.105. The first kappa shape index (κ1) is 12.5. The van der Waals surface area contributed by atoms with Gasteiger partial charge in [0.15, 0.2) is 0 Å². The zero-order chi connectivity index (χ0) is 12.4. The summed E-state index contributed by atoms with van der Waals surface area (Å²) in [7, 11) is 0. The highest BCUT2D eigenvalue weighted by molar-refractivity contribution is 5.28. The van der Waals surface area contributed by atoms with Gasteiger partial charge in [-0.2, -0.15) is 0 Å². The molecule has 1 heterocycles. The van der Waals surface area contributed by atoms with Crippen molar-refractivity contribution in [3.05, 3.63) is 34.9 Å². The number of aliphatic hydroxyl groups is 1. The van der Waals surface area contributed by atoms with Crippen molar-refractivity contribution >= 4 is 0 Å². The maximum Gasteiger partial charge on any atom is 0.134 e. The number of aryl methyl sites for hydroxylation is 1. The molecule has 2 atom stereocenters. The molecule has 0 saturated carbocycles. The van der Waals surface area contributed by atoms with E-state index in [1.807, 2.05) is 0 Å². The number of hydrogen-bond acceptors (Lipinski definition) is 2. The molecule has 0 aliphatic carbocycles. The molecular formula is C13H16F2O2. The normalized spacial score (nSPS) is 21.8. The van der Waals surface area contributed by atoms with E-state index >= 15 is 0 Å². The Bertz CT molecular complexity index is 401. The number of ether oxygens (including phenoxy) is 1. The minimum Gasteiger partial charge on any atom is -0.388 e. The van der Waals surface area contributed by atoms with Gasteiger partial charge >= 0.3 is 0 Å². The average Bonchev–Trinajstić information content (AvgIpc) is 2.77. The van der Waals surface area contributed by atoms with Gasteiger partial charge in [-0.25, -0.2) is 8.78 Å². The molecule has 1 aliphatic rings. The molecule has 1 aromatic carbocycles. The fraction of sp³-hybridized carbons (Fsp3) is 0.538. The Balaban J connectivity index is 2.17. The summed E-state index contributed by atoms with van der Waals surface area (Å²) in [5.74, 6) is -1.35. The molecular weight excluding hydrogens is 226 g/mol. The summed E-state index contributed by atoms with van der Waals surface area (Å²) < 4.78 is 32.6. The molecule has 0 amide bonds. The van der Waals surface area contributed by atoms with Gasteiger partial charge in [-0.15, -0.1) is 0 Å². The summed E-state index contributed by atoms with van der Waals surface area (Å²) >= 11 is 0. The topological polar surface area (TPSA) is 29.5 Å². The molecule has 17 heavy (non-hydrogen) atoms. The van der Waals surface area contributed by atoms with E-state index < -0.39 is 17.7 Å². The molecule has 1 fully saturated rings. The van der Waals surface area contributed by atoms with Crippen LogP contribution < -0.4 is 0 Å². The van der Waals surface area contributed by atoms with Crippen molar-refractivity contribution in [3.63, 3.8) is 0 Å². The molecule has 1 aromatic rings. The van der Waals surface area contributed by atoms with Gasteiger partial charge in [0.2, 0.25) is 0 Å². The molecule has 2 unspecified atom stereocenters. The Morgan fingerprint density at radius 3 is 2.88 bits per heavy atom. The number of rotatable bonds is 3. The van der Waals surface area contributed by atoms with Gasteiger partial charge in [0.05, 0.1) is 17.8 Å². The molecule has 2 nitrogen and oxygen atoms in total. The van der Waals surface area contributed by atoms with E-state index in [1.165, 1.54) is 12.1 Å². The Kier molecular flexibility index (Phi) is 3.74. The van der Waals surface area contributed by atoms with Crippen molar-refractivity contribution in [2.45, 2.75) is 38.4 Å². The molecule has 0 bridgehead atoms. The lowest BCUT2D eigenvalue weighted by Gasteiger charge is -2.17. The van der Waals surface area contributed by atoms with Crippen LogP contribution in [-0.4, -0.2) is 17.8 Å². The second kappa shape index (κ2) is 5.10. The molecule has 0 radical (unpaired) electrons. The first-order valence-corrected chi connectivity index (χ1v) is 5.83. The molecule has 0 spiro atoms. The minimum atomic E-state index is -1.14. The smallest absolute Gasteiger partial charge is 0.134 e. The van der Waals surface area contributed by atoms with Crippen molar-refractivity contribution in [1.29, 1.82) is 0 Å². The Morgan fingerprint density at radius 1 is 1.47 bits per heavy atom. The lowest BCUT2D eigenvalue weighted by atomic mass is 9.99. The minimum absolute atomic E-state index is 0.0932. The first-order chi connectivity index (χ1) is 8.09. The Labute approximate surface area is 99.2 Å². The third kappa shape index (κ3) is 2.64. The fourth-order valence-electron chi connectivity index (χ4n) is 2.18. The summed E-state index contributed by atoms with van der Waals surface area (Å²) in [6.45, 7) is 2.22. The maximum absolute atomic E-state index is 13.7. The van der Waals surface area contributed by atoms with Crippen LogP contribution >= 0.6 is 0 Å². The van der Waals surface area contributed by atoms with Gasteiger partial charge in [0.25, 0.3) is 0 Å². The lowest BCUT2D eigenvalue weighted by molar-refractivity contribution is 0.0507. The van der Waals surface area contributed by atoms with Crippen LogP contribution in [0, 0.1) is 18.6 Å². The standard InChI is InChI=1S/C13H16F2O2/c1-8-4-5-10(14)12(13(8)15)11(16)7-9-3-2-6-17-9/h4-5,9,11,16H,2-3,6-7H2,1H3. The highest BCUT2D eigenvalue weighted by Crippen LogP contribution is 2.29. The van der Waals surface area contributed by atoms with Crippen LogP contribution in [0.2, 0.25) is 0 Å². The molecule has 1 N–H and O–H groups in total. The van der Waals surface area contributed by atoms with E-state index in [2.05, 4.69) is 0 Å². The van der Waals surface area contributed by atoms with Gasteiger partial charge in [-0.05, 0) is 31.4 Å². The van der Waals surface area contributed by atoms with E-state index in [0.29, 0.717) is 12.2 Å². The molecule has 0 aromatic heterocycles. The third-order valence-corrected chi connectivity index (χ3v) is 3.16. The van der Waals surface area contributed by atoms with Gasteiger partial charge < -0.3 is 9.84 Å². The van der Waals surface area contributed by atoms with Crippen LogP contribution in [0.3, 0.4) is 0 Å². The van der Waals surface area contributed by atoms with Gasteiger partial charge in [-0.3, -0.25) is 0 Å². The van der Waals surface area contributed by atoms with Crippen molar-refractivity contribution in [2.75, 3.05) is 6.61 Å². The number of benzene rings is 1. The SMILES string of the molecule is Cc1ccc(F)c(C(O)CC2CCCO2)c1F. The maximum atomic E-state index is 13.7. The van der Waals surface area contributed by atoms with Crippen LogP contribution in [0.15, 0.2) is 12.1 Å². The predicted octanol–water partition coefficient (Wildman–Crippen LogP) is 2.88. The van der Waals surface area contributed by atoms with Crippen LogP contribution in [0.1, 0.15) is 36.5 Å². The van der Waals surface area contributed by atoms with E-state index in [1.54, 1.807) is 6.92 Å². The van der Waals surface area contributed by atoms with Gasteiger partial charge in [0.1, 0.15) is 11.6 Å². The van der Waals surface area contributed by atoms with Crippen LogP contribution in [0.5, 0.6) is 0 Å². The van der Waals surface area contributed by atoms with Crippen molar-refractivity contribution in [1.82, 2.24) is 0 Å². The zero-order valence-corrected chi connectivity index (χ0v) is 9.75. The van der Waals surface area contributed by atoms with Crippen LogP contribution in [-0.2, 0) is 4.74 Å². The van der Waals surface area contributed by atoms with Gasteiger partial charge in [-0.1, -0.05) is 6.07 Å². The molecule has 94 valence electrons. The second-order valence-corrected chi connectivity index (χ2v) is 4.48. The molecule has 4 heteroatoms. The fourth-order valence-corrected chi connectivity index (χ4v) is 2.18. The lowest BCUT2D eigenvalue weighted by Crippen LogP contribution is -2.14. The van der Waals surface area contributed by atoms with E-state index in [0.717, 1.165) is 12.8 Å². The van der Waals surface area contributed by atoms with E-state index in [4.69, 9.17) is 4.74 Å². The summed E-state index contributed by atoms with van der Waals surface area (Å²) in [6, 6.07) is 2.55. The van der Waals surface area contributed by atoms with Gasteiger partial charge in [0, 0.05) is 13.0 Å². The Morgan fingerprint density at radius 2 is 2.24 bits per heavy atom. The quantitative estimate of drug-likeness (QED) is 0.883. The van der Waals surface area contributed by atoms with Crippen molar-refractivity contribution < 1.29 is 18.6 Å². The van der Waals surface area contributed by atoms with Crippen LogP contribution in [0.25, 0.3) is 0 Å². The van der Waals surface area contributed by atoms with E-state index in [9.17, 15) is 13.9 Å². The summed E-state index contributed by atoms with van der Waals surface area (Å²) in [4.78, 5) is 0. The molecule has 2 rings (SSSR count). The van der Waals surface area contributed by atoms with Crippen molar-refractivity contribution in [2.24, 2.45) is 0 Å². The Hall–Kier alpha value is -1.00. The molecule has 1 saturated heterocycles. The average molecular weight is 242 g/mol. The summed E-state index contributed by atoms with van der Waals surface area (Å²) in [5, 5.41) is 9.91. The highest BCUT2D eigenvalue weighted by atomic mass is 19.1. The van der Waals surface area contributed by atoms with Crippen LogP contribution in [0.4, 0.5) is 8.78 Å². The predicted molar refractivity (Wildman–Crippen MR) is 59.6 cm³/mol. The monoisotopic (exact) mass is 242 g/mol. The number of hydrogen-bond donors (Lipinski definition) is 1. The number of halogens is 2. The highest BCUT2D eigenvalue weighted by Gasteiger charge is 2.25. The third-order valence-electron chi connectivity index (χ3n) is 3.16. The zero-order valence-electron chi connectivity index (χ0n) is 9.75. The van der Waals surface area contributed by atoms with Crippen molar-refractivity contribution in [3.8, 4) is 0 Å². The first-order valence-electron chi connectivity index (χ1n) is 5.83. The number of aliphatic hydroxyl groups excluding tert-OH is 1. The second-order valence-electron chi connectivity index (χ2n) is 4.48.